The molecule has 2 amide bonds. The fourth-order valence-electron chi connectivity index (χ4n) is 5.04. The molecular weight excluding hydrogens is 489 g/mol. The summed E-state index contributed by atoms with van der Waals surface area (Å²) < 4.78 is 16.4. The number of nitrogens with zero attached hydrogens (tertiary/aromatic N) is 4. The summed E-state index contributed by atoms with van der Waals surface area (Å²) in [5.74, 6) is -0.572. The number of thiazole rings is 1. The first-order valence-electron chi connectivity index (χ1n) is 11.4. The van der Waals surface area contributed by atoms with Crippen LogP contribution >= 0.6 is 22.9 Å². The fourth-order valence-corrected chi connectivity index (χ4v) is 6.32. The third kappa shape index (κ3) is 3.79. The van der Waals surface area contributed by atoms with Gasteiger partial charge in [-0.3, -0.25) is 14.0 Å². The third-order valence-corrected chi connectivity index (χ3v) is 8.02. The van der Waals surface area contributed by atoms with Crippen molar-refractivity contribution in [3.63, 3.8) is 0 Å². The Hall–Kier alpha value is -3.30. The van der Waals surface area contributed by atoms with E-state index >= 15 is 0 Å². The molecule has 1 saturated heterocycles. The molecule has 7 nitrogen and oxygen atoms in total. The molecule has 2 fully saturated rings. The van der Waals surface area contributed by atoms with Crippen LogP contribution in [0.4, 0.5) is 4.39 Å². The van der Waals surface area contributed by atoms with Gasteiger partial charge in [0.15, 0.2) is 0 Å². The van der Waals surface area contributed by atoms with Crippen LogP contribution in [0.3, 0.4) is 0 Å². The first kappa shape index (κ1) is 22.2. The monoisotopic (exact) mass is 509 g/mol. The van der Waals surface area contributed by atoms with Crippen LogP contribution in [0.2, 0.25) is 5.02 Å². The van der Waals surface area contributed by atoms with E-state index in [1.54, 1.807) is 29.8 Å². The molecule has 0 unspecified atom stereocenters. The maximum absolute atomic E-state index is 14.7. The number of benzene rings is 1. The molecule has 10 heteroatoms. The van der Waals surface area contributed by atoms with Gasteiger partial charge in [0.2, 0.25) is 0 Å². The molecule has 3 aromatic heterocycles. The molecule has 0 radical (unpaired) electrons. The lowest BCUT2D eigenvalue weighted by molar-refractivity contribution is 0.0684. The topological polar surface area (TPSA) is 79.6 Å². The summed E-state index contributed by atoms with van der Waals surface area (Å²) in [6.45, 7) is 2.10. The molecule has 35 heavy (non-hydrogen) atoms. The second-order valence-corrected chi connectivity index (χ2v) is 10.6. The summed E-state index contributed by atoms with van der Waals surface area (Å²) in [5, 5.41) is 3.87. The summed E-state index contributed by atoms with van der Waals surface area (Å²) in [5.41, 5.74) is 1.54. The van der Waals surface area contributed by atoms with Crippen LogP contribution in [0.15, 0.2) is 48.8 Å². The molecular formula is C25H21ClFN5O2S. The van der Waals surface area contributed by atoms with Gasteiger partial charge < -0.3 is 10.2 Å². The lowest BCUT2D eigenvalue weighted by Gasteiger charge is -2.27. The Morgan fingerprint density at radius 2 is 2.09 bits per heavy atom. The standard InChI is InChI=1S/C25H21ClFN5O2S/c1-13-30-22(23(35-13)21-16(26)5-4-6-17(21)27)25(34)32-15(9-14-10-18(14)32)11-29-24(33)19-12-28-20-7-2-3-8-31(19)20/h2-8,12,14-15,18H,9-11H2,1H3,(H,29,33)/t14-,15+,18+/m1/s1. The zero-order valence-electron chi connectivity index (χ0n) is 18.7. The number of aryl methyl sites for hydroxylation is 1. The Morgan fingerprint density at radius 1 is 1.23 bits per heavy atom. The minimum atomic E-state index is -0.488. The number of halogens is 2. The first-order valence-corrected chi connectivity index (χ1v) is 12.6. The van der Waals surface area contributed by atoms with Crippen molar-refractivity contribution in [1.29, 1.82) is 0 Å². The van der Waals surface area contributed by atoms with Gasteiger partial charge in [0, 0.05) is 24.3 Å². The molecule has 4 aromatic rings. The number of piperidine rings is 1. The number of imidazole rings is 1. The van der Waals surface area contributed by atoms with E-state index in [2.05, 4.69) is 15.3 Å². The van der Waals surface area contributed by atoms with Crippen molar-refractivity contribution in [2.24, 2.45) is 5.92 Å². The molecule has 6 rings (SSSR count). The van der Waals surface area contributed by atoms with Crippen molar-refractivity contribution >= 4 is 40.4 Å². The molecule has 0 spiro atoms. The summed E-state index contributed by atoms with van der Waals surface area (Å²) >= 11 is 7.56. The average molecular weight is 510 g/mol. The molecule has 1 aliphatic heterocycles. The second kappa shape index (κ2) is 8.42. The number of carbonyl (C=O) groups is 2. The van der Waals surface area contributed by atoms with Crippen LogP contribution in [-0.2, 0) is 0 Å². The van der Waals surface area contributed by atoms with Gasteiger partial charge >= 0.3 is 0 Å². The number of rotatable bonds is 5. The van der Waals surface area contributed by atoms with E-state index < -0.39 is 5.82 Å². The quantitative estimate of drug-likeness (QED) is 0.426. The number of hydrogen-bond donors (Lipinski definition) is 1. The maximum atomic E-state index is 14.7. The summed E-state index contributed by atoms with van der Waals surface area (Å²) in [6.07, 6.45) is 5.07. The molecule has 4 heterocycles. The number of fused-ring (bicyclic) bond motifs is 2. The van der Waals surface area contributed by atoms with Crippen LogP contribution < -0.4 is 5.32 Å². The molecule has 1 N–H and O–H groups in total. The summed E-state index contributed by atoms with van der Waals surface area (Å²) in [6, 6.07) is 9.95. The van der Waals surface area contributed by atoms with E-state index in [1.165, 1.54) is 23.5 Å². The zero-order valence-corrected chi connectivity index (χ0v) is 20.3. The van der Waals surface area contributed by atoms with Gasteiger partial charge in [-0.15, -0.1) is 11.3 Å². The zero-order chi connectivity index (χ0) is 24.3. The Balaban J connectivity index is 1.25. The van der Waals surface area contributed by atoms with Crippen LogP contribution in [0.1, 0.15) is 38.8 Å². The van der Waals surface area contributed by atoms with Crippen molar-refractivity contribution in [1.82, 2.24) is 24.6 Å². The molecule has 3 atom stereocenters. The molecule has 178 valence electrons. The normalized spacial score (nSPS) is 20.8. The summed E-state index contributed by atoms with van der Waals surface area (Å²) in [7, 11) is 0. The lowest BCUT2D eigenvalue weighted by atomic mass is 10.1. The Morgan fingerprint density at radius 3 is 2.91 bits per heavy atom. The number of amides is 2. The third-order valence-electron chi connectivity index (χ3n) is 6.72. The van der Waals surface area contributed by atoms with Gasteiger partial charge in [0.1, 0.15) is 22.9 Å². The largest absolute Gasteiger partial charge is 0.349 e. The highest BCUT2D eigenvalue weighted by molar-refractivity contribution is 7.15. The van der Waals surface area contributed by atoms with Gasteiger partial charge in [-0.1, -0.05) is 23.7 Å². The molecule has 1 aromatic carbocycles. The first-order chi connectivity index (χ1) is 16.9. The number of likely N-dealkylation sites (tertiary alicyclic amines) is 1. The highest BCUT2D eigenvalue weighted by Crippen LogP contribution is 2.49. The van der Waals surface area contributed by atoms with Crippen LogP contribution in [0.5, 0.6) is 0 Å². The van der Waals surface area contributed by atoms with E-state index in [0.717, 1.165) is 12.8 Å². The van der Waals surface area contributed by atoms with Crippen LogP contribution in [0, 0.1) is 18.7 Å². The predicted molar refractivity (Wildman–Crippen MR) is 131 cm³/mol. The van der Waals surface area contributed by atoms with Crippen molar-refractivity contribution in [2.45, 2.75) is 31.8 Å². The summed E-state index contributed by atoms with van der Waals surface area (Å²) in [4.78, 5) is 37.6. The van der Waals surface area contributed by atoms with Gasteiger partial charge in [-0.2, -0.15) is 0 Å². The van der Waals surface area contributed by atoms with Crippen molar-refractivity contribution in [2.75, 3.05) is 6.54 Å². The smallest absolute Gasteiger partial charge is 0.274 e. The van der Waals surface area contributed by atoms with E-state index in [-0.39, 0.29) is 40.2 Å². The molecule has 2 aliphatic rings. The maximum Gasteiger partial charge on any atom is 0.274 e. The van der Waals surface area contributed by atoms with E-state index in [4.69, 9.17) is 11.6 Å². The van der Waals surface area contributed by atoms with Gasteiger partial charge in [0.25, 0.3) is 11.8 Å². The Bertz CT molecular complexity index is 1460. The van der Waals surface area contributed by atoms with Gasteiger partial charge in [0.05, 0.1) is 27.1 Å². The van der Waals surface area contributed by atoms with Crippen molar-refractivity contribution < 1.29 is 14.0 Å². The Labute approximate surface area is 209 Å². The molecule has 1 aliphatic carbocycles. The number of pyridine rings is 1. The Kier molecular flexibility index (Phi) is 5.34. The minimum absolute atomic E-state index is 0.117. The minimum Gasteiger partial charge on any atom is -0.349 e. The second-order valence-electron chi connectivity index (χ2n) is 8.95. The molecule has 1 saturated carbocycles. The SMILES string of the molecule is Cc1nc(C(=O)N2[C@H](CNC(=O)c3cnc4ccccn34)C[C@@H]3C[C@@H]32)c(-c2c(F)cccc2Cl)s1. The average Bonchev–Trinajstić information content (AvgIpc) is 3.17. The van der Waals surface area contributed by atoms with E-state index in [9.17, 15) is 14.0 Å². The molecule has 0 bridgehead atoms. The lowest BCUT2D eigenvalue weighted by Crippen LogP contribution is -2.45. The number of nitrogens with one attached hydrogen (secondary N) is 1. The number of hydrogen-bond acceptors (Lipinski definition) is 5. The highest BCUT2D eigenvalue weighted by atomic mass is 35.5. The number of carbonyl (C=O) groups excluding carboxylic acids is 2. The van der Waals surface area contributed by atoms with E-state index in [1.807, 2.05) is 23.1 Å². The van der Waals surface area contributed by atoms with Crippen LogP contribution in [0.25, 0.3) is 16.1 Å². The highest BCUT2D eigenvalue weighted by Gasteiger charge is 2.54. The van der Waals surface area contributed by atoms with Crippen molar-refractivity contribution in [3.05, 3.63) is 76.0 Å². The fraction of sp³-hybridized carbons (Fsp3) is 0.280. The number of aromatic nitrogens is 3. The van der Waals surface area contributed by atoms with Crippen molar-refractivity contribution in [3.8, 4) is 10.4 Å². The van der Waals surface area contributed by atoms with Crippen LogP contribution in [-0.4, -0.2) is 49.7 Å². The predicted octanol–water partition coefficient (Wildman–Crippen LogP) is 4.59. The van der Waals surface area contributed by atoms with Gasteiger partial charge in [-0.05, 0) is 49.9 Å². The van der Waals surface area contributed by atoms with E-state index in [0.29, 0.717) is 33.7 Å². The van der Waals surface area contributed by atoms with Gasteiger partial charge in [-0.25, -0.2) is 14.4 Å².